The van der Waals surface area contributed by atoms with Gasteiger partial charge in [-0.15, -0.1) is 11.3 Å². The van der Waals surface area contributed by atoms with E-state index in [1.54, 1.807) is 32.1 Å². The van der Waals surface area contributed by atoms with Gasteiger partial charge in [-0.2, -0.15) is 0 Å². The average molecular weight is 365 g/mol. The van der Waals surface area contributed by atoms with Crippen LogP contribution in [0.2, 0.25) is 0 Å². The smallest absolute Gasteiger partial charge is 0.248 e. The van der Waals surface area contributed by atoms with E-state index in [4.69, 9.17) is 0 Å². The number of amides is 1. The number of thiazole rings is 1. The van der Waals surface area contributed by atoms with Crippen LogP contribution >= 0.6 is 11.3 Å². The number of carbonyl (C=O) groups excluding carboxylic acids is 1. The minimum Gasteiger partial charge on any atom is -0.323 e. The molecule has 128 valence electrons. The summed E-state index contributed by atoms with van der Waals surface area (Å²) in [5.74, 6) is -0.309. The summed E-state index contributed by atoms with van der Waals surface area (Å²) in [6, 6.07) is 5.82. The van der Waals surface area contributed by atoms with Crippen molar-refractivity contribution in [2.75, 3.05) is 5.32 Å². The number of hydrogen-bond acceptors (Lipinski definition) is 5. The summed E-state index contributed by atoms with van der Waals surface area (Å²) in [5.41, 5.74) is 1.25. The topological polar surface area (TPSA) is 88.2 Å². The zero-order valence-electron chi connectivity index (χ0n) is 13.6. The van der Waals surface area contributed by atoms with Crippen LogP contribution in [0.15, 0.2) is 40.6 Å². The molecule has 0 aliphatic heterocycles. The third-order valence-electron chi connectivity index (χ3n) is 2.87. The second-order valence-electron chi connectivity index (χ2n) is 5.41. The van der Waals surface area contributed by atoms with Gasteiger partial charge in [0.05, 0.1) is 15.6 Å². The quantitative estimate of drug-likeness (QED) is 0.771. The van der Waals surface area contributed by atoms with Crippen LogP contribution in [-0.2, 0) is 14.8 Å². The van der Waals surface area contributed by atoms with Crippen molar-refractivity contribution >= 4 is 39.0 Å². The van der Waals surface area contributed by atoms with Gasteiger partial charge in [-0.1, -0.05) is 0 Å². The summed E-state index contributed by atoms with van der Waals surface area (Å²) < 4.78 is 26.5. The Bertz CT molecular complexity index is 838. The van der Waals surface area contributed by atoms with Gasteiger partial charge in [0.1, 0.15) is 0 Å². The van der Waals surface area contributed by atoms with Gasteiger partial charge in [-0.05, 0) is 51.1 Å². The standard InChI is InChI=1S/C16H19N3O3S2/c1-11(2)19-24(21,22)15-7-4-13(5-8-15)18-16(20)9-6-14-10-23-12(3)17-14/h4-11,19H,1-3H3,(H,18,20)/b9-6+. The van der Waals surface area contributed by atoms with Gasteiger partial charge in [-0.3, -0.25) is 4.79 Å². The summed E-state index contributed by atoms with van der Waals surface area (Å²) in [4.78, 5) is 16.3. The normalized spacial score (nSPS) is 12.0. The lowest BCUT2D eigenvalue weighted by molar-refractivity contribution is -0.111. The van der Waals surface area contributed by atoms with Gasteiger partial charge in [0.25, 0.3) is 0 Å². The Morgan fingerprint density at radius 1 is 1.25 bits per heavy atom. The minimum atomic E-state index is -3.53. The summed E-state index contributed by atoms with van der Waals surface area (Å²) in [7, 11) is -3.53. The Morgan fingerprint density at radius 2 is 1.92 bits per heavy atom. The maximum atomic E-state index is 12.0. The predicted molar refractivity (Wildman–Crippen MR) is 96.4 cm³/mol. The van der Waals surface area contributed by atoms with E-state index in [0.717, 1.165) is 10.7 Å². The number of benzene rings is 1. The van der Waals surface area contributed by atoms with E-state index in [9.17, 15) is 13.2 Å². The number of anilines is 1. The van der Waals surface area contributed by atoms with Gasteiger partial charge in [-0.25, -0.2) is 18.1 Å². The van der Waals surface area contributed by atoms with Crippen LogP contribution < -0.4 is 10.0 Å². The summed E-state index contributed by atoms with van der Waals surface area (Å²) >= 11 is 1.51. The molecule has 6 nitrogen and oxygen atoms in total. The van der Waals surface area contributed by atoms with E-state index in [0.29, 0.717) is 5.69 Å². The van der Waals surface area contributed by atoms with E-state index >= 15 is 0 Å². The molecular weight excluding hydrogens is 346 g/mol. The van der Waals surface area contributed by atoms with Crippen molar-refractivity contribution in [3.8, 4) is 0 Å². The first kappa shape index (κ1) is 18.3. The van der Waals surface area contributed by atoms with Crippen molar-refractivity contribution < 1.29 is 13.2 Å². The third-order valence-corrected chi connectivity index (χ3v) is 5.33. The summed E-state index contributed by atoms with van der Waals surface area (Å²) in [5, 5.41) is 5.47. The first-order valence-electron chi connectivity index (χ1n) is 7.30. The van der Waals surface area contributed by atoms with Crippen LogP contribution in [0.3, 0.4) is 0 Å². The molecular formula is C16H19N3O3S2. The largest absolute Gasteiger partial charge is 0.323 e. The maximum Gasteiger partial charge on any atom is 0.248 e. The number of aryl methyl sites for hydroxylation is 1. The second kappa shape index (κ2) is 7.69. The van der Waals surface area contributed by atoms with Crippen molar-refractivity contribution in [1.29, 1.82) is 0 Å². The van der Waals surface area contributed by atoms with Crippen molar-refractivity contribution in [2.45, 2.75) is 31.7 Å². The van der Waals surface area contributed by atoms with Gasteiger partial charge < -0.3 is 5.32 Å². The molecule has 2 rings (SSSR count). The molecule has 0 aliphatic carbocycles. The number of rotatable bonds is 6. The molecule has 24 heavy (non-hydrogen) atoms. The number of sulfonamides is 1. The molecule has 0 radical (unpaired) electrons. The highest BCUT2D eigenvalue weighted by Crippen LogP contribution is 2.15. The molecule has 0 atom stereocenters. The van der Waals surface area contributed by atoms with Crippen LogP contribution in [0, 0.1) is 6.92 Å². The van der Waals surface area contributed by atoms with Crippen LogP contribution in [0.1, 0.15) is 24.5 Å². The van der Waals surface area contributed by atoms with E-state index < -0.39 is 10.0 Å². The van der Waals surface area contributed by atoms with Gasteiger partial charge >= 0.3 is 0 Å². The van der Waals surface area contributed by atoms with Crippen LogP contribution in [0.5, 0.6) is 0 Å². The molecule has 1 heterocycles. The van der Waals surface area contributed by atoms with Crippen LogP contribution in [0.25, 0.3) is 6.08 Å². The molecule has 1 aromatic carbocycles. The molecule has 0 bridgehead atoms. The Morgan fingerprint density at radius 3 is 2.46 bits per heavy atom. The molecule has 1 aromatic heterocycles. The van der Waals surface area contributed by atoms with E-state index in [2.05, 4.69) is 15.0 Å². The monoisotopic (exact) mass is 365 g/mol. The second-order valence-corrected chi connectivity index (χ2v) is 8.19. The van der Waals surface area contributed by atoms with Gasteiger partial charge in [0.15, 0.2) is 0 Å². The first-order chi connectivity index (χ1) is 11.3. The van der Waals surface area contributed by atoms with E-state index in [-0.39, 0.29) is 16.8 Å². The van der Waals surface area contributed by atoms with Crippen molar-refractivity contribution in [3.63, 3.8) is 0 Å². The highest BCUT2D eigenvalue weighted by Gasteiger charge is 2.14. The van der Waals surface area contributed by atoms with E-state index in [1.807, 2.05) is 12.3 Å². The zero-order chi connectivity index (χ0) is 17.7. The number of nitrogens with one attached hydrogen (secondary N) is 2. The van der Waals surface area contributed by atoms with Gasteiger partial charge in [0, 0.05) is 23.2 Å². The van der Waals surface area contributed by atoms with Crippen LogP contribution in [-0.4, -0.2) is 25.4 Å². The molecule has 0 saturated carbocycles. The summed E-state index contributed by atoms with van der Waals surface area (Å²) in [6.45, 7) is 5.40. The molecule has 0 unspecified atom stereocenters. The predicted octanol–water partition coefficient (Wildman–Crippen LogP) is 2.79. The fraction of sp³-hybridized carbons (Fsp3) is 0.250. The van der Waals surface area contributed by atoms with Gasteiger partial charge in [0.2, 0.25) is 15.9 Å². The zero-order valence-corrected chi connectivity index (χ0v) is 15.2. The maximum absolute atomic E-state index is 12.0. The number of aromatic nitrogens is 1. The third kappa shape index (κ3) is 5.26. The molecule has 0 fully saturated rings. The summed E-state index contributed by atoms with van der Waals surface area (Å²) in [6.07, 6.45) is 3.02. The average Bonchev–Trinajstić information content (AvgIpc) is 2.90. The van der Waals surface area contributed by atoms with Crippen molar-refractivity contribution in [3.05, 3.63) is 46.4 Å². The lowest BCUT2D eigenvalue weighted by Crippen LogP contribution is -2.30. The molecule has 0 spiro atoms. The lowest BCUT2D eigenvalue weighted by atomic mass is 10.3. The molecule has 0 aliphatic rings. The van der Waals surface area contributed by atoms with E-state index in [1.165, 1.54) is 29.5 Å². The fourth-order valence-corrected chi connectivity index (χ4v) is 3.73. The number of hydrogen-bond donors (Lipinski definition) is 2. The molecule has 0 saturated heterocycles. The Balaban J connectivity index is 2.01. The molecule has 2 N–H and O–H groups in total. The Hall–Kier alpha value is -2.03. The Kier molecular flexibility index (Phi) is 5.87. The van der Waals surface area contributed by atoms with Crippen molar-refractivity contribution in [2.24, 2.45) is 0 Å². The Labute approximate surface area is 145 Å². The van der Waals surface area contributed by atoms with Crippen LogP contribution in [0.4, 0.5) is 5.69 Å². The SMILES string of the molecule is Cc1nc(/C=C/C(=O)Nc2ccc(S(=O)(=O)NC(C)C)cc2)cs1. The minimum absolute atomic E-state index is 0.155. The first-order valence-corrected chi connectivity index (χ1v) is 9.66. The number of carbonyl (C=O) groups is 1. The fourth-order valence-electron chi connectivity index (χ4n) is 1.90. The highest BCUT2D eigenvalue weighted by molar-refractivity contribution is 7.89. The lowest BCUT2D eigenvalue weighted by Gasteiger charge is -2.10. The molecule has 2 aromatic rings. The van der Waals surface area contributed by atoms with Crippen molar-refractivity contribution in [1.82, 2.24) is 9.71 Å². The highest BCUT2D eigenvalue weighted by atomic mass is 32.2. The molecule has 1 amide bonds. The number of nitrogens with zero attached hydrogens (tertiary/aromatic N) is 1. The molecule has 8 heteroatoms.